The number of Topliss-reactive ketones (excluding diaryl/α,β-unsaturated/α-hetero) is 1. The third-order valence-corrected chi connectivity index (χ3v) is 3.24. The first-order valence-corrected chi connectivity index (χ1v) is 6.11. The number of aryl methyl sites for hydroxylation is 1. The molecule has 2 nitrogen and oxygen atoms in total. The molecule has 0 atom stereocenters. The molecule has 0 amide bonds. The van der Waals surface area contributed by atoms with Gasteiger partial charge >= 0.3 is 0 Å². The molecule has 1 N–H and O–H groups in total. The van der Waals surface area contributed by atoms with E-state index in [1.807, 2.05) is 0 Å². The fourth-order valence-corrected chi connectivity index (χ4v) is 2.07. The number of hydrogen-bond acceptors (Lipinski definition) is 2. The number of hydrogen-bond donors (Lipinski definition) is 1. The Morgan fingerprint density at radius 1 is 1.26 bits per heavy atom. The molecule has 98 valence electrons. The molecule has 4 heteroatoms. The lowest BCUT2D eigenvalue weighted by Gasteiger charge is -2.09. The maximum Gasteiger partial charge on any atom is 0.188 e. The van der Waals surface area contributed by atoms with Gasteiger partial charge in [0.05, 0.1) is 0 Å². The Morgan fingerprint density at radius 3 is 2.68 bits per heavy atom. The lowest BCUT2D eigenvalue weighted by Crippen LogP contribution is -2.04. The van der Waals surface area contributed by atoms with Crippen LogP contribution in [0.5, 0.6) is 0 Å². The summed E-state index contributed by atoms with van der Waals surface area (Å²) in [5, 5.41) is 9.22. The van der Waals surface area contributed by atoms with Crippen molar-refractivity contribution in [2.75, 3.05) is 6.61 Å². The zero-order valence-corrected chi connectivity index (χ0v) is 11.0. The van der Waals surface area contributed by atoms with Gasteiger partial charge in [-0.15, -0.1) is 0 Å². The van der Waals surface area contributed by atoms with E-state index >= 15 is 0 Å². The van der Waals surface area contributed by atoms with Crippen LogP contribution in [0.15, 0.2) is 36.4 Å². The highest BCUT2D eigenvalue weighted by Crippen LogP contribution is 2.32. The maximum absolute atomic E-state index is 14.1. The highest BCUT2D eigenvalue weighted by molar-refractivity contribution is 6.33. The fourth-order valence-electron chi connectivity index (χ4n) is 1.85. The van der Waals surface area contributed by atoms with Crippen LogP contribution in [0.25, 0.3) is 11.1 Å². The molecule has 0 aliphatic heterocycles. The summed E-state index contributed by atoms with van der Waals surface area (Å²) in [7, 11) is 0. The molecule has 19 heavy (non-hydrogen) atoms. The number of carbonyl (C=O) groups is 1. The van der Waals surface area contributed by atoms with Gasteiger partial charge in [-0.1, -0.05) is 29.8 Å². The first kappa shape index (κ1) is 13.7. The van der Waals surface area contributed by atoms with Crippen LogP contribution >= 0.6 is 11.6 Å². The smallest absolute Gasteiger partial charge is 0.188 e. The van der Waals surface area contributed by atoms with Gasteiger partial charge in [0.1, 0.15) is 12.4 Å². The molecule has 0 radical (unpaired) electrons. The van der Waals surface area contributed by atoms with Crippen molar-refractivity contribution in [1.82, 2.24) is 0 Å². The predicted molar refractivity (Wildman–Crippen MR) is 73.0 cm³/mol. The topological polar surface area (TPSA) is 37.3 Å². The van der Waals surface area contributed by atoms with Gasteiger partial charge in [0.15, 0.2) is 5.78 Å². The summed E-state index contributed by atoms with van der Waals surface area (Å²) in [6.45, 7) is 1.08. The van der Waals surface area contributed by atoms with Gasteiger partial charge in [-0.2, -0.15) is 0 Å². The predicted octanol–water partition coefficient (Wildman–Crippen LogP) is 3.63. The van der Waals surface area contributed by atoms with E-state index in [4.69, 9.17) is 16.7 Å². The van der Waals surface area contributed by atoms with Crippen LogP contribution in [-0.2, 0) is 0 Å². The molecule has 0 saturated heterocycles. The molecule has 0 bridgehead atoms. The van der Waals surface area contributed by atoms with E-state index in [0.29, 0.717) is 27.3 Å². The van der Waals surface area contributed by atoms with Crippen LogP contribution < -0.4 is 0 Å². The van der Waals surface area contributed by atoms with Crippen LogP contribution in [0.1, 0.15) is 15.9 Å². The molecule has 2 rings (SSSR count). The van der Waals surface area contributed by atoms with E-state index in [1.54, 1.807) is 25.1 Å². The third kappa shape index (κ3) is 2.67. The van der Waals surface area contributed by atoms with Crippen molar-refractivity contribution in [3.63, 3.8) is 0 Å². The van der Waals surface area contributed by atoms with Crippen LogP contribution in [0, 0.1) is 12.7 Å². The first-order valence-electron chi connectivity index (χ1n) is 5.73. The standard InChI is InChI=1S/C15H12ClFO2/c1-9-3-2-4-11(15(9)17)12-7-10(14(19)8-18)5-6-13(12)16/h2-7,18H,8H2,1H3. The Kier molecular flexibility index (Phi) is 3.98. The molecule has 0 saturated carbocycles. The van der Waals surface area contributed by atoms with Gasteiger partial charge in [0.25, 0.3) is 0 Å². The Balaban J connectivity index is 2.61. The Labute approximate surface area is 115 Å². The van der Waals surface area contributed by atoms with Crippen LogP contribution in [0.2, 0.25) is 5.02 Å². The zero-order valence-electron chi connectivity index (χ0n) is 10.3. The van der Waals surface area contributed by atoms with Gasteiger partial charge in [0, 0.05) is 21.7 Å². The number of benzene rings is 2. The van der Waals surface area contributed by atoms with Crippen molar-refractivity contribution in [3.05, 3.63) is 58.4 Å². The second-order valence-electron chi connectivity index (χ2n) is 4.21. The quantitative estimate of drug-likeness (QED) is 0.871. The average Bonchev–Trinajstić information content (AvgIpc) is 2.42. The normalized spacial score (nSPS) is 10.5. The number of halogens is 2. The van der Waals surface area contributed by atoms with Crippen LogP contribution in [-0.4, -0.2) is 17.5 Å². The average molecular weight is 279 g/mol. The summed E-state index contributed by atoms with van der Waals surface area (Å²) < 4.78 is 14.1. The lowest BCUT2D eigenvalue weighted by molar-refractivity contribution is 0.0904. The molecule has 0 aromatic heterocycles. The molecule has 0 aliphatic carbocycles. The van der Waals surface area contributed by atoms with Gasteiger partial charge < -0.3 is 5.11 Å². The fraction of sp³-hybridized carbons (Fsp3) is 0.133. The number of ketones is 1. The molecule has 0 aliphatic rings. The summed E-state index contributed by atoms with van der Waals surface area (Å²) >= 11 is 6.06. The molecular weight excluding hydrogens is 267 g/mol. The minimum Gasteiger partial charge on any atom is -0.388 e. The minimum absolute atomic E-state index is 0.308. The third-order valence-electron chi connectivity index (χ3n) is 2.91. The van der Waals surface area contributed by atoms with Crippen molar-refractivity contribution in [2.24, 2.45) is 0 Å². The first-order chi connectivity index (χ1) is 9.04. The Bertz CT molecular complexity index is 638. The van der Waals surface area contributed by atoms with E-state index in [0.717, 1.165) is 0 Å². The van der Waals surface area contributed by atoms with E-state index < -0.39 is 12.4 Å². The molecule has 2 aromatic carbocycles. The molecule has 0 unspecified atom stereocenters. The van der Waals surface area contributed by atoms with Gasteiger partial charge in [-0.25, -0.2) is 4.39 Å². The Hall–Kier alpha value is -1.71. The largest absolute Gasteiger partial charge is 0.388 e. The number of carbonyl (C=O) groups excluding carboxylic acids is 1. The summed E-state index contributed by atoms with van der Waals surface area (Å²) in [6, 6.07) is 9.54. The van der Waals surface area contributed by atoms with Crippen molar-refractivity contribution in [1.29, 1.82) is 0 Å². The van der Waals surface area contributed by atoms with Crippen molar-refractivity contribution >= 4 is 17.4 Å². The second kappa shape index (κ2) is 5.51. The van der Waals surface area contributed by atoms with E-state index in [1.165, 1.54) is 18.2 Å². The monoisotopic (exact) mass is 278 g/mol. The molecule has 0 fully saturated rings. The van der Waals surface area contributed by atoms with Crippen LogP contribution in [0.3, 0.4) is 0 Å². The van der Waals surface area contributed by atoms with Gasteiger partial charge in [-0.3, -0.25) is 4.79 Å². The number of aliphatic hydroxyl groups excluding tert-OH is 1. The van der Waals surface area contributed by atoms with Crippen molar-refractivity contribution in [2.45, 2.75) is 6.92 Å². The summed E-state index contributed by atoms with van der Waals surface area (Å²) in [4.78, 5) is 11.5. The van der Waals surface area contributed by atoms with E-state index in [2.05, 4.69) is 0 Å². The van der Waals surface area contributed by atoms with E-state index in [-0.39, 0.29) is 5.82 Å². The van der Waals surface area contributed by atoms with Crippen LogP contribution in [0.4, 0.5) is 4.39 Å². The van der Waals surface area contributed by atoms with Gasteiger partial charge in [-0.05, 0) is 30.7 Å². The highest BCUT2D eigenvalue weighted by Gasteiger charge is 2.13. The maximum atomic E-state index is 14.1. The lowest BCUT2D eigenvalue weighted by atomic mass is 9.99. The highest BCUT2D eigenvalue weighted by atomic mass is 35.5. The summed E-state index contributed by atoms with van der Waals surface area (Å²) in [6.07, 6.45) is 0. The molecule has 0 heterocycles. The Morgan fingerprint density at radius 2 is 2.00 bits per heavy atom. The minimum atomic E-state index is -0.586. The molecule has 0 spiro atoms. The SMILES string of the molecule is Cc1cccc(-c2cc(C(=O)CO)ccc2Cl)c1F. The molecule has 2 aromatic rings. The second-order valence-corrected chi connectivity index (χ2v) is 4.62. The number of aliphatic hydroxyl groups is 1. The molecular formula is C15H12ClFO2. The van der Waals surface area contributed by atoms with Crippen molar-refractivity contribution in [3.8, 4) is 11.1 Å². The van der Waals surface area contributed by atoms with E-state index in [9.17, 15) is 9.18 Å². The summed E-state index contributed by atoms with van der Waals surface area (Å²) in [5.41, 5.74) is 1.61. The van der Waals surface area contributed by atoms with Crippen molar-refractivity contribution < 1.29 is 14.3 Å². The summed E-state index contributed by atoms with van der Waals surface area (Å²) in [5.74, 6) is -0.788. The van der Waals surface area contributed by atoms with Gasteiger partial charge in [0.2, 0.25) is 0 Å². The number of rotatable bonds is 3. The zero-order chi connectivity index (χ0) is 14.0.